The molecule has 0 saturated heterocycles. The van der Waals surface area contributed by atoms with E-state index in [0.29, 0.717) is 0 Å². The summed E-state index contributed by atoms with van der Waals surface area (Å²) in [6.07, 6.45) is 0. The maximum absolute atomic E-state index is 10.3. The number of hydrogen-bond acceptors (Lipinski definition) is 2. The predicted octanol–water partition coefficient (Wildman–Crippen LogP) is 0.599. The largest absolute Gasteiger partial charge is 2.00 e. The normalized spacial score (nSPS) is 7.06. The Bertz CT molecular complexity index is 322. The summed E-state index contributed by atoms with van der Waals surface area (Å²) in [6.45, 7) is 0. The van der Waals surface area contributed by atoms with Crippen LogP contribution in [0.1, 0.15) is 0 Å². The zero-order chi connectivity index (χ0) is 10.2. The average Bonchev–Trinajstić information content (AvgIpc) is 2.21. The molecule has 0 fully saturated rings. The maximum atomic E-state index is 10.3. The van der Waals surface area contributed by atoms with Crippen LogP contribution in [0.25, 0.3) is 0 Å². The second-order valence-electron chi connectivity index (χ2n) is 2.63. The van der Waals surface area contributed by atoms with Gasteiger partial charge in [-0.2, -0.15) is 0 Å². The summed E-state index contributed by atoms with van der Waals surface area (Å²) in [5.41, 5.74) is 0. The van der Waals surface area contributed by atoms with Crippen molar-refractivity contribution in [3.05, 3.63) is 60.7 Å². The molecule has 0 aliphatic carbocycles. The van der Waals surface area contributed by atoms with E-state index in [4.69, 9.17) is 0 Å². The van der Waals surface area contributed by atoms with E-state index in [2.05, 4.69) is 0 Å². The van der Waals surface area contributed by atoms with Crippen molar-refractivity contribution in [1.82, 2.24) is 0 Å². The summed E-state index contributed by atoms with van der Waals surface area (Å²) in [6, 6.07) is 16.7. The van der Waals surface area contributed by atoms with E-state index in [1.54, 1.807) is 24.3 Å². The van der Waals surface area contributed by atoms with Crippen LogP contribution in [0.2, 0.25) is 0 Å². The van der Waals surface area contributed by atoms with Crippen LogP contribution in [0.5, 0.6) is 11.5 Å². The monoisotopic (exact) mass is 504 g/mol. The first kappa shape index (κ1) is 23.3. The molecule has 0 aliphatic heterocycles. The minimum atomic E-state index is 0. The molecular weight excluding hydrogens is 491 g/mol. The molecule has 0 saturated carbocycles. The molecule has 0 amide bonds. The smallest absolute Gasteiger partial charge is 0.872 e. The Morgan fingerprint density at radius 3 is 0.941 bits per heavy atom. The predicted molar refractivity (Wildman–Crippen MR) is 60.3 cm³/mol. The molecule has 0 radical (unpaired) electrons. The van der Waals surface area contributed by atoms with Gasteiger partial charge in [0.2, 0.25) is 0 Å². The Kier molecular flexibility index (Phi) is 20.8. The fourth-order valence-corrected chi connectivity index (χ4v) is 0.841. The third kappa shape index (κ3) is 13.4. The number of para-hydroxylation sites is 2. The van der Waals surface area contributed by atoms with Gasteiger partial charge >= 0.3 is 68.4 Å². The fourth-order valence-electron chi connectivity index (χ4n) is 0.841. The second kappa shape index (κ2) is 15.2. The van der Waals surface area contributed by atoms with Crippen molar-refractivity contribution in [3.63, 3.8) is 0 Å². The Labute approximate surface area is 175 Å². The molecule has 17 heavy (non-hydrogen) atoms. The summed E-state index contributed by atoms with van der Waals surface area (Å²) in [5.74, 6) is 0.144. The Balaban J connectivity index is -0.000000196. The van der Waals surface area contributed by atoms with Crippen molar-refractivity contribution in [3.8, 4) is 11.5 Å². The Morgan fingerprint density at radius 2 is 0.824 bits per heavy atom. The molecule has 0 atom stereocenters. The molecule has 2 nitrogen and oxygen atoms in total. The van der Waals surface area contributed by atoms with Crippen LogP contribution < -0.4 is 10.2 Å². The molecule has 0 heterocycles. The van der Waals surface area contributed by atoms with Gasteiger partial charge in [-0.1, -0.05) is 60.7 Å². The van der Waals surface area contributed by atoms with Crippen LogP contribution in [0.4, 0.5) is 0 Å². The van der Waals surface area contributed by atoms with E-state index in [9.17, 15) is 10.2 Å². The fraction of sp³-hybridized carbons (Fsp3) is 0. The maximum Gasteiger partial charge on any atom is 2.00 e. The molecule has 2 aromatic rings. The third-order valence-electron chi connectivity index (χ3n) is 1.49. The molecule has 0 unspecified atom stereocenters. The minimum Gasteiger partial charge on any atom is -0.872 e. The van der Waals surface area contributed by atoms with Gasteiger partial charge in [-0.3, -0.25) is 0 Å². The second-order valence-corrected chi connectivity index (χ2v) is 2.63. The van der Waals surface area contributed by atoms with Crippen LogP contribution in [0.15, 0.2) is 60.7 Å². The summed E-state index contributed by atoms with van der Waals surface area (Å²) in [7, 11) is 0. The molecule has 2 aromatic carbocycles. The number of benzene rings is 2. The topological polar surface area (TPSA) is 46.1 Å². The van der Waals surface area contributed by atoms with Gasteiger partial charge in [0.05, 0.1) is 0 Å². The van der Waals surface area contributed by atoms with Gasteiger partial charge < -0.3 is 10.2 Å². The van der Waals surface area contributed by atoms with E-state index in [1.165, 1.54) is 24.3 Å². The van der Waals surface area contributed by atoms with Gasteiger partial charge in [-0.25, -0.2) is 0 Å². The van der Waals surface area contributed by atoms with E-state index < -0.39 is 0 Å². The van der Waals surface area contributed by atoms with E-state index >= 15 is 0 Å². The molecular formula is C12H12BaCdO2Zn. The first-order chi connectivity index (χ1) is 6.79. The third-order valence-corrected chi connectivity index (χ3v) is 1.49. The molecule has 5 heteroatoms. The Hall–Kier alpha value is 1.16. The first-order valence-electron chi connectivity index (χ1n) is 4.23. The first-order valence-corrected chi connectivity index (χ1v) is 4.23. The summed E-state index contributed by atoms with van der Waals surface area (Å²) < 4.78 is 0. The molecule has 78 valence electrons. The minimum absolute atomic E-state index is 0. The van der Waals surface area contributed by atoms with Crippen LogP contribution in [-0.4, -0.2) is 48.9 Å². The van der Waals surface area contributed by atoms with Gasteiger partial charge in [-0.05, 0) is 0 Å². The van der Waals surface area contributed by atoms with E-state index in [1.807, 2.05) is 12.1 Å². The van der Waals surface area contributed by atoms with Crippen molar-refractivity contribution in [2.45, 2.75) is 0 Å². The van der Waals surface area contributed by atoms with Gasteiger partial charge in [0.15, 0.2) is 0 Å². The summed E-state index contributed by atoms with van der Waals surface area (Å²) >= 11 is 0. The zero-order valence-electron chi connectivity index (χ0n) is 9.00. The van der Waals surface area contributed by atoms with Crippen molar-refractivity contribution in [2.75, 3.05) is 0 Å². The van der Waals surface area contributed by atoms with Crippen LogP contribution in [0.3, 0.4) is 0 Å². The van der Waals surface area contributed by atoms with Gasteiger partial charge in [0.1, 0.15) is 0 Å². The van der Waals surface area contributed by atoms with E-state index in [0.717, 1.165) is 0 Å². The standard InChI is InChI=1S/2C6H6O.Ba.Cd.Zn.2H/c2*7-6-4-2-1-3-5-6;;;;;/h2*1-5,7H;;;;;/q;;;;+2;;/p-2. The molecule has 0 spiro atoms. The van der Waals surface area contributed by atoms with Crippen LogP contribution in [-0.2, 0) is 46.8 Å². The van der Waals surface area contributed by atoms with E-state index in [-0.39, 0.29) is 107 Å². The SMILES string of the molecule is [BaH2].[Cd].[O-]c1ccccc1.[O-]c1ccccc1.[Zn+2]. The number of rotatable bonds is 0. The average molecular weight is 503 g/mol. The van der Waals surface area contributed by atoms with Crippen molar-refractivity contribution >= 4 is 48.9 Å². The zero-order valence-corrected chi connectivity index (χ0v) is 16.0. The summed E-state index contributed by atoms with van der Waals surface area (Å²) in [4.78, 5) is 0. The van der Waals surface area contributed by atoms with Gasteiger partial charge in [0.25, 0.3) is 0 Å². The van der Waals surface area contributed by atoms with Crippen molar-refractivity contribution < 1.29 is 57.0 Å². The Morgan fingerprint density at radius 1 is 0.588 bits per heavy atom. The summed E-state index contributed by atoms with van der Waals surface area (Å²) in [5, 5.41) is 20.5. The van der Waals surface area contributed by atoms with Gasteiger partial charge in [-0.15, -0.1) is 11.5 Å². The quantitative estimate of drug-likeness (QED) is 0.495. The van der Waals surface area contributed by atoms with Crippen LogP contribution in [0, 0.1) is 0 Å². The van der Waals surface area contributed by atoms with Crippen molar-refractivity contribution in [1.29, 1.82) is 0 Å². The molecule has 2 rings (SSSR count). The molecule has 0 aliphatic rings. The van der Waals surface area contributed by atoms with Crippen molar-refractivity contribution in [2.24, 2.45) is 0 Å². The van der Waals surface area contributed by atoms with Crippen LogP contribution >= 0.6 is 0 Å². The molecule has 0 aromatic heterocycles. The number of hydrogen-bond donors (Lipinski definition) is 0. The molecule has 0 N–H and O–H groups in total. The molecule has 0 bridgehead atoms. The van der Waals surface area contributed by atoms with Gasteiger partial charge in [0, 0.05) is 27.3 Å².